The highest BCUT2D eigenvalue weighted by Crippen LogP contribution is 2.33. The van der Waals surface area contributed by atoms with Crippen LogP contribution in [0.1, 0.15) is 37.8 Å². The third-order valence-corrected chi connectivity index (χ3v) is 4.33. The molecule has 2 nitrogen and oxygen atoms in total. The molecule has 25 heavy (non-hydrogen) atoms. The van der Waals surface area contributed by atoms with E-state index in [-0.39, 0.29) is 5.41 Å². The maximum atomic E-state index is 5.69. The van der Waals surface area contributed by atoms with E-state index < -0.39 is 0 Å². The molecule has 0 aliphatic carbocycles. The largest absolute Gasteiger partial charge is 0.493 e. The van der Waals surface area contributed by atoms with Gasteiger partial charge in [-0.2, -0.15) is 0 Å². The SMILES string of the molecule is C=CCCOc1ccc(C(C)(C)c2ccc(OCCC=C)cc2)cc1. The summed E-state index contributed by atoms with van der Waals surface area (Å²) in [5.41, 5.74) is 2.42. The molecule has 0 amide bonds. The molecule has 2 aromatic carbocycles. The quantitative estimate of drug-likeness (QED) is 0.396. The Kier molecular flexibility index (Phi) is 6.88. The van der Waals surface area contributed by atoms with E-state index in [1.165, 1.54) is 11.1 Å². The number of benzene rings is 2. The molecule has 0 atom stereocenters. The minimum atomic E-state index is -0.0840. The molecule has 0 aromatic heterocycles. The molecule has 0 heterocycles. The van der Waals surface area contributed by atoms with Crippen LogP contribution in [0.4, 0.5) is 0 Å². The van der Waals surface area contributed by atoms with Crippen molar-refractivity contribution >= 4 is 0 Å². The third kappa shape index (κ3) is 5.25. The minimum absolute atomic E-state index is 0.0840. The van der Waals surface area contributed by atoms with E-state index in [1.54, 1.807) is 0 Å². The molecule has 0 bridgehead atoms. The van der Waals surface area contributed by atoms with Gasteiger partial charge in [0.25, 0.3) is 0 Å². The second-order valence-corrected chi connectivity index (χ2v) is 6.53. The first-order chi connectivity index (χ1) is 12.1. The first-order valence-corrected chi connectivity index (χ1v) is 8.76. The van der Waals surface area contributed by atoms with E-state index in [1.807, 2.05) is 36.4 Å². The average Bonchev–Trinajstić information content (AvgIpc) is 2.63. The van der Waals surface area contributed by atoms with Crippen LogP contribution in [0, 0.1) is 0 Å². The molecule has 0 aliphatic heterocycles. The highest BCUT2D eigenvalue weighted by molar-refractivity contribution is 5.41. The Morgan fingerprint density at radius 3 is 1.40 bits per heavy atom. The molecule has 0 N–H and O–H groups in total. The molecule has 2 heteroatoms. The molecular weight excluding hydrogens is 308 g/mol. The predicted molar refractivity (Wildman–Crippen MR) is 106 cm³/mol. The van der Waals surface area contributed by atoms with E-state index in [9.17, 15) is 0 Å². The van der Waals surface area contributed by atoms with E-state index in [0.29, 0.717) is 13.2 Å². The summed E-state index contributed by atoms with van der Waals surface area (Å²) in [7, 11) is 0. The zero-order valence-corrected chi connectivity index (χ0v) is 15.3. The Morgan fingerprint density at radius 2 is 1.08 bits per heavy atom. The van der Waals surface area contributed by atoms with Crippen LogP contribution in [-0.4, -0.2) is 13.2 Å². The summed E-state index contributed by atoms with van der Waals surface area (Å²) in [6.45, 7) is 13.2. The first-order valence-electron chi connectivity index (χ1n) is 8.76. The van der Waals surface area contributed by atoms with Gasteiger partial charge in [-0.15, -0.1) is 13.2 Å². The number of rotatable bonds is 10. The maximum Gasteiger partial charge on any atom is 0.119 e. The first kappa shape index (κ1) is 18.9. The van der Waals surface area contributed by atoms with Crippen molar-refractivity contribution in [2.24, 2.45) is 0 Å². The molecule has 0 aliphatic rings. The maximum absolute atomic E-state index is 5.69. The van der Waals surface area contributed by atoms with Crippen molar-refractivity contribution in [3.05, 3.63) is 85.0 Å². The van der Waals surface area contributed by atoms with Crippen LogP contribution in [0.15, 0.2) is 73.8 Å². The van der Waals surface area contributed by atoms with Crippen LogP contribution in [0.25, 0.3) is 0 Å². The Bertz CT molecular complexity index is 607. The zero-order chi connectivity index (χ0) is 18.1. The lowest BCUT2D eigenvalue weighted by Gasteiger charge is -2.26. The van der Waals surface area contributed by atoms with Crippen LogP contribution < -0.4 is 9.47 Å². The summed E-state index contributed by atoms with van der Waals surface area (Å²) in [6.07, 6.45) is 5.44. The van der Waals surface area contributed by atoms with E-state index in [2.05, 4.69) is 51.3 Å². The van der Waals surface area contributed by atoms with Crippen molar-refractivity contribution < 1.29 is 9.47 Å². The van der Waals surface area contributed by atoms with Gasteiger partial charge in [0.15, 0.2) is 0 Å². The topological polar surface area (TPSA) is 18.5 Å². The summed E-state index contributed by atoms with van der Waals surface area (Å²) in [5, 5.41) is 0. The fourth-order valence-electron chi connectivity index (χ4n) is 2.62. The number of ether oxygens (including phenoxy) is 2. The highest BCUT2D eigenvalue weighted by Gasteiger charge is 2.23. The number of hydrogen-bond acceptors (Lipinski definition) is 2. The van der Waals surface area contributed by atoms with Gasteiger partial charge >= 0.3 is 0 Å². The molecule has 0 spiro atoms. The molecular formula is C23H28O2. The zero-order valence-electron chi connectivity index (χ0n) is 15.3. The van der Waals surface area contributed by atoms with Crippen molar-refractivity contribution in [1.82, 2.24) is 0 Å². The fraction of sp³-hybridized carbons (Fsp3) is 0.304. The van der Waals surface area contributed by atoms with Gasteiger partial charge in [0.1, 0.15) is 11.5 Å². The van der Waals surface area contributed by atoms with Crippen LogP contribution in [0.5, 0.6) is 11.5 Å². The third-order valence-electron chi connectivity index (χ3n) is 4.33. The Balaban J connectivity index is 2.06. The van der Waals surface area contributed by atoms with Gasteiger partial charge < -0.3 is 9.47 Å². The normalized spacial score (nSPS) is 11.0. The molecule has 2 aromatic rings. The van der Waals surface area contributed by atoms with Gasteiger partial charge in [0.05, 0.1) is 13.2 Å². The van der Waals surface area contributed by atoms with Crippen LogP contribution in [-0.2, 0) is 5.41 Å². The summed E-state index contributed by atoms with van der Waals surface area (Å²) < 4.78 is 11.4. The monoisotopic (exact) mass is 336 g/mol. The Hall–Kier alpha value is -2.48. The fourth-order valence-corrected chi connectivity index (χ4v) is 2.62. The van der Waals surface area contributed by atoms with E-state index in [4.69, 9.17) is 9.47 Å². The molecule has 0 fully saturated rings. The molecule has 0 unspecified atom stereocenters. The van der Waals surface area contributed by atoms with Gasteiger partial charge in [-0.25, -0.2) is 0 Å². The number of hydrogen-bond donors (Lipinski definition) is 0. The smallest absolute Gasteiger partial charge is 0.119 e. The molecule has 0 saturated heterocycles. The minimum Gasteiger partial charge on any atom is -0.493 e. The van der Waals surface area contributed by atoms with Crippen molar-refractivity contribution in [2.45, 2.75) is 32.1 Å². The summed E-state index contributed by atoms with van der Waals surface area (Å²) in [6, 6.07) is 16.7. The highest BCUT2D eigenvalue weighted by atomic mass is 16.5. The Labute approximate surface area is 151 Å². The van der Waals surface area contributed by atoms with E-state index in [0.717, 1.165) is 24.3 Å². The van der Waals surface area contributed by atoms with Crippen molar-refractivity contribution in [3.8, 4) is 11.5 Å². The predicted octanol–water partition coefficient (Wildman–Crippen LogP) is 5.92. The van der Waals surface area contributed by atoms with Gasteiger partial charge in [-0.1, -0.05) is 50.3 Å². The van der Waals surface area contributed by atoms with Gasteiger partial charge in [0, 0.05) is 5.41 Å². The summed E-state index contributed by atoms with van der Waals surface area (Å²) >= 11 is 0. The molecule has 0 saturated carbocycles. The van der Waals surface area contributed by atoms with Gasteiger partial charge in [-0.3, -0.25) is 0 Å². The average molecular weight is 336 g/mol. The lowest BCUT2D eigenvalue weighted by molar-refractivity contribution is 0.324. The standard InChI is InChI=1S/C23H28O2/c1-5-7-17-24-21-13-9-19(10-14-21)23(3,4)20-11-15-22(16-12-20)25-18-8-6-2/h5-6,9-16H,1-2,7-8,17-18H2,3-4H3. The van der Waals surface area contributed by atoms with Crippen LogP contribution >= 0.6 is 0 Å². The van der Waals surface area contributed by atoms with Crippen molar-refractivity contribution in [2.75, 3.05) is 13.2 Å². The lowest BCUT2D eigenvalue weighted by atomic mass is 9.78. The van der Waals surface area contributed by atoms with Gasteiger partial charge in [-0.05, 0) is 48.2 Å². The second kappa shape index (κ2) is 9.12. The van der Waals surface area contributed by atoms with E-state index >= 15 is 0 Å². The van der Waals surface area contributed by atoms with Crippen LogP contribution in [0.2, 0.25) is 0 Å². The summed E-state index contributed by atoms with van der Waals surface area (Å²) in [4.78, 5) is 0. The molecule has 2 rings (SSSR count). The van der Waals surface area contributed by atoms with Crippen molar-refractivity contribution in [3.63, 3.8) is 0 Å². The van der Waals surface area contributed by atoms with Gasteiger partial charge in [0.2, 0.25) is 0 Å². The van der Waals surface area contributed by atoms with Crippen LogP contribution in [0.3, 0.4) is 0 Å². The Morgan fingerprint density at radius 1 is 0.720 bits per heavy atom. The lowest BCUT2D eigenvalue weighted by Crippen LogP contribution is -2.18. The summed E-state index contributed by atoms with van der Waals surface area (Å²) in [5.74, 6) is 1.79. The molecule has 132 valence electrons. The molecule has 0 radical (unpaired) electrons. The second-order valence-electron chi connectivity index (χ2n) is 6.53. The van der Waals surface area contributed by atoms with Crippen molar-refractivity contribution in [1.29, 1.82) is 0 Å².